The van der Waals surface area contributed by atoms with Crippen LogP contribution in [-0.2, 0) is 19.5 Å². The van der Waals surface area contributed by atoms with Crippen LogP contribution in [0.25, 0.3) is 0 Å². The minimum atomic E-state index is -0.221. The summed E-state index contributed by atoms with van der Waals surface area (Å²) in [6.45, 7) is 13.3. The Bertz CT molecular complexity index is 888. The molecule has 0 spiro atoms. The number of amides is 1. The number of piperazine rings is 1. The molecule has 0 radical (unpaired) electrons. The molecule has 0 unspecified atom stereocenters. The van der Waals surface area contributed by atoms with Gasteiger partial charge in [0.2, 0.25) is 0 Å². The molecule has 2 aliphatic rings. The summed E-state index contributed by atoms with van der Waals surface area (Å²) in [5.41, 5.74) is 2.76. The molecule has 3 heterocycles. The second kappa shape index (κ2) is 9.94. The Kier molecular flexibility index (Phi) is 7.05. The number of hydrogen-bond acceptors (Lipinski definition) is 5. The van der Waals surface area contributed by atoms with Crippen LogP contribution in [0.2, 0.25) is 0 Å². The smallest absolute Gasteiger partial charge is 0.255 e. The molecule has 2 aromatic rings. The van der Waals surface area contributed by atoms with E-state index in [0.29, 0.717) is 24.4 Å². The summed E-state index contributed by atoms with van der Waals surface area (Å²) in [4.78, 5) is 20.1. The second-order valence-corrected chi connectivity index (χ2v) is 8.55. The summed E-state index contributed by atoms with van der Waals surface area (Å²) in [5, 5.41) is 3.10. The first kappa shape index (κ1) is 22.0. The van der Waals surface area contributed by atoms with E-state index in [9.17, 15) is 9.18 Å². The van der Waals surface area contributed by atoms with Gasteiger partial charge in [-0.3, -0.25) is 14.6 Å². The molecule has 1 aromatic heterocycles. The number of nitrogens with one attached hydrogen (secondary N) is 1. The van der Waals surface area contributed by atoms with Gasteiger partial charge < -0.3 is 14.6 Å². The lowest BCUT2D eigenvalue weighted by Crippen LogP contribution is -2.48. The highest BCUT2D eigenvalue weighted by Crippen LogP contribution is 2.29. The molecule has 1 amide bonds. The first-order chi connectivity index (χ1) is 15.0. The van der Waals surface area contributed by atoms with E-state index in [1.807, 2.05) is 19.1 Å². The van der Waals surface area contributed by atoms with Crippen LogP contribution in [0.1, 0.15) is 39.9 Å². The van der Waals surface area contributed by atoms with Gasteiger partial charge in [-0.15, -0.1) is 0 Å². The Labute approximate surface area is 184 Å². The van der Waals surface area contributed by atoms with Crippen molar-refractivity contribution in [1.29, 1.82) is 0 Å². The quantitative estimate of drug-likeness (QED) is 0.735. The first-order valence-electron chi connectivity index (χ1n) is 11.3. The summed E-state index contributed by atoms with van der Waals surface area (Å²) < 4.78 is 19.1. The third kappa shape index (κ3) is 5.34. The molecular formula is C24H33FN4O2. The number of benzene rings is 1. The van der Waals surface area contributed by atoms with Crippen molar-refractivity contribution in [2.75, 3.05) is 52.4 Å². The average molecular weight is 429 g/mol. The minimum absolute atomic E-state index is 0.0432. The van der Waals surface area contributed by atoms with Gasteiger partial charge >= 0.3 is 0 Å². The Hall–Kier alpha value is -2.22. The molecular weight excluding hydrogens is 395 g/mol. The highest BCUT2D eigenvalue weighted by atomic mass is 19.1. The number of rotatable bonds is 7. The third-order valence-corrected chi connectivity index (χ3v) is 6.48. The number of hydrogen-bond donors (Lipinski definition) is 1. The predicted molar refractivity (Wildman–Crippen MR) is 119 cm³/mol. The van der Waals surface area contributed by atoms with E-state index in [2.05, 4.69) is 26.9 Å². The third-order valence-electron chi connectivity index (χ3n) is 6.48. The maximum absolute atomic E-state index is 13.2. The van der Waals surface area contributed by atoms with Crippen molar-refractivity contribution in [2.24, 2.45) is 0 Å². The molecule has 6 nitrogen and oxygen atoms in total. The summed E-state index contributed by atoms with van der Waals surface area (Å²) >= 11 is 0. The molecule has 1 saturated heterocycles. The van der Waals surface area contributed by atoms with Crippen LogP contribution < -0.4 is 5.32 Å². The summed E-state index contributed by atoms with van der Waals surface area (Å²) in [6, 6.07) is 6.63. The van der Waals surface area contributed by atoms with Gasteiger partial charge in [0.05, 0.1) is 5.56 Å². The molecule has 7 heteroatoms. The zero-order valence-electron chi connectivity index (χ0n) is 18.6. The Morgan fingerprint density at radius 1 is 1.06 bits per heavy atom. The standard InChI is InChI=1S/C24H33FN4O2/c1-3-27-12-14-28(15-13-27)11-9-26-24(30)23-18(2)31-22-8-10-29(17-21(22)23)16-19-4-6-20(25)7-5-19/h4-7H,3,8-17H2,1-2H3,(H,26,30). The van der Waals surface area contributed by atoms with E-state index in [-0.39, 0.29) is 11.7 Å². The van der Waals surface area contributed by atoms with Gasteiger partial charge in [-0.2, -0.15) is 0 Å². The van der Waals surface area contributed by atoms with Crippen molar-refractivity contribution in [3.05, 3.63) is 58.3 Å². The number of nitrogens with zero attached hydrogens (tertiary/aromatic N) is 3. The fourth-order valence-electron chi connectivity index (χ4n) is 4.61. The first-order valence-corrected chi connectivity index (χ1v) is 11.3. The lowest BCUT2D eigenvalue weighted by molar-refractivity contribution is 0.0934. The van der Waals surface area contributed by atoms with Gasteiger partial charge in [0.25, 0.3) is 5.91 Å². The highest BCUT2D eigenvalue weighted by Gasteiger charge is 2.28. The number of carbonyl (C=O) groups is 1. The van der Waals surface area contributed by atoms with Crippen LogP contribution >= 0.6 is 0 Å². The number of fused-ring (bicyclic) bond motifs is 1. The Morgan fingerprint density at radius 2 is 1.77 bits per heavy atom. The molecule has 1 aromatic carbocycles. The monoisotopic (exact) mass is 428 g/mol. The van der Waals surface area contributed by atoms with Crippen molar-refractivity contribution in [3.8, 4) is 0 Å². The molecule has 1 N–H and O–H groups in total. The van der Waals surface area contributed by atoms with E-state index >= 15 is 0 Å². The van der Waals surface area contributed by atoms with Crippen molar-refractivity contribution < 1.29 is 13.6 Å². The van der Waals surface area contributed by atoms with Crippen LogP contribution in [0.5, 0.6) is 0 Å². The molecule has 0 bridgehead atoms. The number of furan rings is 1. The summed E-state index contributed by atoms with van der Waals surface area (Å²) in [5.74, 6) is 1.36. The summed E-state index contributed by atoms with van der Waals surface area (Å²) in [6.07, 6.45) is 0.784. The lowest BCUT2D eigenvalue weighted by atomic mass is 10.0. The van der Waals surface area contributed by atoms with Gasteiger partial charge in [0, 0.05) is 70.9 Å². The maximum Gasteiger partial charge on any atom is 0.255 e. The van der Waals surface area contributed by atoms with Crippen LogP contribution in [0.3, 0.4) is 0 Å². The van der Waals surface area contributed by atoms with Crippen molar-refractivity contribution in [3.63, 3.8) is 0 Å². The van der Waals surface area contributed by atoms with Gasteiger partial charge in [-0.1, -0.05) is 19.1 Å². The molecule has 31 heavy (non-hydrogen) atoms. The number of likely N-dealkylation sites (N-methyl/N-ethyl adjacent to an activating group) is 1. The highest BCUT2D eigenvalue weighted by molar-refractivity contribution is 5.97. The zero-order valence-corrected chi connectivity index (χ0v) is 18.6. The maximum atomic E-state index is 13.2. The van der Waals surface area contributed by atoms with Crippen molar-refractivity contribution in [1.82, 2.24) is 20.0 Å². The molecule has 0 aliphatic carbocycles. The van der Waals surface area contributed by atoms with E-state index in [4.69, 9.17) is 4.42 Å². The fraction of sp³-hybridized carbons (Fsp3) is 0.542. The second-order valence-electron chi connectivity index (χ2n) is 8.55. The van der Waals surface area contributed by atoms with Gasteiger partial charge in [0.1, 0.15) is 17.3 Å². The molecule has 4 rings (SSSR count). The number of aryl methyl sites for hydroxylation is 1. The van der Waals surface area contributed by atoms with E-state index in [0.717, 1.165) is 75.7 Å². The van der Waals surface area contributed by atoms with Crippen LogP contribution in [-0.4, -0.2) is 73.0 Å². The van der Waals surface area contributed by atoms with E-state index in [1.165, 1.54) is 12.1 Å². The molecule has 168 valence electrons. The minimum Gasteiger partial charge on any atom is -0.465 e. The molecule has 0 saturated carbocycles. The molecule has 0 atom stereocenters. The Balaban J connectivity index is 1.33. The Morgan fingerprint density at radius 3 is 2.48 bits per heavy atom. The largest absolute Gasteiger partial charge is 0.465 e. The number of halogens is 1. The van der Waals surface area contributed by atoms with Gasteiger partial charge in [-0.05, 0) is 31.2 Å². The van der Waals surface area contributed by atoms with Crippen molar-refractivity contribution in [2.45, 2.75) is 33.4 Å². The van der Waals surface area contributed by atoms with E-state index in [1.54, 1.807) is 0 Å². The lowest BCUT2D eigenvalue weighted by Gasteiger charge is -2.33. The van der Waals surface area contributed by atoms with Crippen LogP contribution in [0, 0.1) is 12.7 Å². The molecule has 2 aliphatic heterocycles. The van der Waals surface area contributed by atoms with Crippen LogP contribution in [0.4, 0.5) is 4.39 Å². The SMILES string of the molecule is CCN1CCN(CCNC(=O)c2c(C)oc3c2CN(Cc2ccc(F)cc2)CC3)CC1. The van der Waals surface area contributed by atoms with Crippen molar-refractivity contribution >= 4 is 5.91 Å². The van der Waals surface area contributed by atoms with E-state index < -0.39 is 0 Å². The normalized spacial score (nSPS) is 18.2. The topological polar surface area (TPSA) is 52.0 Å². The number of carbonyl (C=O) groups excluding carboxylic acids is 1. The molecule has 1 fully saturated rings. The average Bonchev–Trinajstić information content (AvgIpc) is 3.11. The predicted octanol–water partition coefficient (Wildman–Crippen LogP) is 2.65. The fourth-order valence-corrected chi connectivity index (χ4v) is 4.61. The van der Waals surface area contributed by atoms with Gasteiger partial charge in [-0.25, -0.2) is 4.39 Å². The van der Waals surface area contributed by atoms with Crippen LogP contribution in [0.15, 0.2) is 28.7 Å². The summed E-state index contributed by atoms with van der Waals surface area (Å²) in [7, 11) is 0. The van der Waals surface area contributed by atoms with Gasteiger partial charge in [0.15, 0.2) is 0 Å². The zero-order chi connectivity index (χ0) is 21.8.